The third kappa shape index (κ3) is 6.48. The Morgan fingerprint density at radius 2 is 1.33 bits per heavy atom. The Morgan fingerprint density at radius 3 is 1.94 bits per heavy atom. The number of carboxylic acid groups (broad SMARTS) is 3. The molecule has 3 aromatic carbocycles. The van der Waals surface area contributed by atoms with E-state index in [1.165, 1.54) is 23.9 Å². The zero-order valence-electron chi connectivity index (χ0n) is 18.8. The van der Waals surface area contributed by atoms with E-state index in [9.17, 15) is 29.1 Å². The first-order chi connectivity index (χ1) is 17.0. The molecule has 10 nitrogen and oxygen atoms in total. The van der Waals surface area contributed by atoms with Gasteiger partial charge in [0.05, 0.1) is 28.0 Å². The van der Waals surface area contributed by atoms with E-state index in [-0.39, 0.29) is 28.4 Å². The summed E-state index contributed by atoms with van der Waals surface area (Å²) in [6, 6.07) is 14.1. The molecule has 0 aliphatic heterocycles. The molecule has 0 aliphatic carbocycles. The highest BCUT2D eigenvalue weighted by molar-refractivity contribution is 8.00. The summed E-state index contributed by atoms with van der Waals surface area (Å²) in [5, 5.41) is 32.7. The number of thioether (sulfide) groups is 1. The maximum absolute atomic E-state index is 12.6. The molecule has 0 unspecified atom stereocenters. The van der Waals surface area contributed by atoms with Gasteiger partial charge in [-0.05, 0) is 67.1 Å². The van der Waals surface area contributed by atoms with Crippen LogP contribution >= 0.6 is 11.8 Å². The fourth-order valence-electron chi connectivity index (χ4n) is 3.11. The van der Waals surface area contributed by atoms with Gasteiger partial charge in [-0.1, -0.05) is 6.07 Å². The first-order valence-corrected chi connectivity index (χ1v) is 11.3. The second kappa shape index (κ2) is 11.2. The Balaban J connectivity index is 1.61. The quantitative estimate of drug-likeness (QED) is 0.267. The molecule has 0 aromatic heterocycles. The van der Waals surface area contributed by atoms with E-state index in [2.05, 4.69) is 10.6 Å². The summed E-state index contributed by atoms with van der Waals surface area (Å²) in [6.45, 7) is 1.75. The average Bonchev–Trinajstić information content (AvgIpc) is 2.84. The van der Waals surface area contributed by atoms with Crippen LogP contribution < -0.4 is 10.6 Å². The maximum atomic E-state index is 12.6. The number of hydrogen-bond acceptors (Lipinski definition) is 6. The van der Waals surface area contributed by atoms with Crippen molar-refractivity contribution in [1.82, 2.24) is 0 Å². The first-order valence-electron chi connectivity index (χ1n) is 10.3. The van der Waals surface area contributed by atoms with Gasteiger partial charge in [0.2, 0.25) is 5.91 Å². The van der Waals surface area contributed by atoms with Crippen molar-refractivity contribution in [2.24, 2.45) is 0 Å². The Hall–Kier alpha value is -4.64. The van der Waals surface area contributed by atoms with Crippen molar-refractivity contribution in [1.29, 1.82) is 0 Å². The number of aromatic carboxylic acids is 3. The van der Waals surface area contributed by atoms with Crippen LogP contribution in [0.5, 0.6) is 0 Å². The second-order valence-electron chi connectivity index (χ2n) is 7.52. The topological polar surface area (TPSA) is 170 Å². The van der Waals surface area contributed by atoms with Crippen LogP contribution in [-0.2, 0) is 4.79 Å². The lowest BCUT2D eigenvalue weighted by Gasteiger charge is -2.10. The molecule has 3 aromatic rings. The fraction of sp³-hybridized carbons (Fsp3) is 0.0800. The van der Waals surface area contributed by atoms with Crippen LogP contribution in [0.1, 0.15) is 47.0 Å². The minimum atomic E-state index is -1.43. The summed E-state index contributed by atoms with van der Waals surface area (Å²) >= 11 is 1.22. The third-order valence-electron chi connectivity index (χ3n) is 4.98. The molecule has 0 aliphatic rings. The molecule has 0 bridgehead atoms. The number of anilines is 2. The number of aryl methyl sites for hydroxylation is 1. The van der Waals surface area contributed by atoms with Crippen LogP contribution in [0.2, 0.25) is 0 Å². The van der Waals surface area contributed by atoms with Crippen molar-refractivity contribution in [3.63, 3.8) is 0 Å². The third-order valence-corrected chi connectivity index (χ3v) is 5.99. The zero-order chi connectivity index (χ0) is 26.4. The monoisotopic (exact) mass is 508 g/mol. The highest BCUT2D eigenvalue weighted by Crippen LogP contribution is 2.23. The van der Waals surface area contributed by atoms with Crippen LogP contribution in [-0.4, -0.2) is 50.8 Å². The predicted octanol–water partition coefficient (Wildman–Crippen LogP) is 4.07. The minimum absolute atomic E-state index is 0.0559. The Bertz CT molecular complexity index is 1370. The Kier molecular flexibility index (Phi) is 8.07. The highest BCUT2D eigenvalue weighted by Gasteiger charge is 2.19. The van der Waals surface area contributed by atoms with Crippen LogP contribution in [0.15, 0.2) is 65.6 Å². The number of benzene rings is 3. The summed E-state index contributed by atoms with van der Waals surface area (Å²) in [5.74, 6) is -4.82. The fourth-order valence-corrected chi connectivity index (χ4v) is 3.81. The van der Waals surface area contributed by atoms with Crippen molar-refractivity contribution in [2.45, 2.75) is 11.8 Å². The second-order valence-corrected chi connectivity index (χ2v) is 8.57. The van der Waals surface area contributed by atoms with Gasteiger partial charge in [-0.15, -0.1) is 11.8 Å². The summed E-state index contributed by atoms with van der Waals surface area (Å²) in [7, 11) is 0. The number of carbonyl (C=O) groups is 5. The van der Waals surface area contributed by atoms with Gasteiger partial charge in [-0.25, -0.2) is 14.4 Å². The van der Waals surface area contributed by atoms with E-state index in [4.69, 9.17) is 10.2 Å². The van der Waals surface area contributed by atoms with Crippen molar-refractivity contribution in [3.8, 4) is 0 Å². The lowest BCUT2D eigenvalue weighted by Crippen LogP contribution is -2.17. The molecule has 11 heteroatoms. The number of hydrogen-bond donors (Lipinski definition) is 5. The smallest absolute Gasteiger partial charge is 0.336 e. The van der Waals surface area contributed by atoms with Gasteiger partial charge in [0.1, 0.15) is 0 Å². The van der Waals surface area contributed by atoms with Crippen molar-refractivity contribution in [3.05, 3.63) is 88.5 Å². The maximum Gasteiger partial charge on any atom is 0.336 e. The molecule has 5 N–H and O–H groups in total. The first kappa shape index (κ1) is 26.0. The number of carboxylic acids is 3. The Morgan fingerprint density at radius 1 is 0.722 bits per heavy atom. The number of rotatable bonds is 9. The van der Waals surface area contributed by atoms with E-state index >= 15 is 0 Å². The average molecular weight is 509 g/mol. The van der Waals surface area contributed by atoms with E-state index in [0.717, 1.165) is 28.7 Å². The van der Waals surface area contributed by atoms with Gasteiger partial charge in [0, 0.05) is 16.3 Å². The number of carbonyl (C=O) groups excluding carboxylic acids is 2. The molecular weight excluding hydrogens is 488 g/mol. The highest BCUT2D eigenvalue weighted by atomic mass is 32.2. The lowest BCUT2D eigenvalue weighted by atomic mass is 10.0. The summed E-state index contributed by atoms with van der Waals surface area (Å²) in [4.78, 5) is 59.3. The molecule has 0 fully saturated rings. The summed E-state index contributed by atoms with van der Waals surface area (Å²) in [5.41, 5.74) is 0.694. The van der Waals surface area contributed by atoms with E-state index in [0.29, 0.717) is 11.4 Å². The van der Waals surface area contributed by atoms with Crippen molar-refractivity contribution < 1.29 is 39.3 Å². The van der Waals surface area contributed by atoms with Crippen LogP contribution in [0.25, 0.3) is 0 Å². The minimum Gasteiger partial charge on any atom is -0.478 e. The number of nitrogens with one attached hydrogen (secondary N) is 2. The zero-order valence-corrected chi connectivity index (χ0v) is 19.6. The molecular formula is C25H20N2O8S. The number of amides is 2. The van der Waals surface area contributed by atoms with Crippen molar-refractivity contribution >= 4 is 52.9 Å². The van der Waals surface area contributed by atoms with Gasteiger partial charge in [0.25, 0.3) is 5.91 Å². The van der Waals surface area contributed by atoms with Gasteiger partial charge in [0.15, 0.2) is 0 Å². The molecule has 0 saturated carbocycles. The largest absolute Gasteiger partial charge is 0.478 e. The van der Waals surface area contributed by atoms with E-state index in [1.54, 1.807) is 37.3 Å². The van der Waals surface area contributed by atoms with E-state index < -0.39 is 29.4 Å². The molecule has 0 saturated heterocycles. The molecule has 0 spiro atoms. The van der Waals surface area contributed by atoms with Gasteiger partial charge >= 0.3 is 17.9 Å². The predicted molar refractivity (Wildman–Crippen MR) is 132 cm³/mol. The molecule has 0 heterocycles. The Labute approximate surface area is 209 Å². The lowest BCUT2D eigenvalue weighted by molar-refractivity contribution is -0.113. The normalized spacial score (nSPS) is 10.4. The standard InChI is InChI=1S/C25H20N2O8S/c1-13-2-3-15(24(32)33)11-20(13)27-21(28)12-36-17-7-5-16(6-8-17)26-22(29)18-9-4-14(23(30)31)10-19(18)25(34)35/h2-11H,12H2,1H3,(H,26,29)(H,27,28)(H,30,31)(H,32,33)(H,34,35). The molecule has 184 valence electrons. The molecule has 0 atom stereocenters. The van der Waals surface area contributed by atoms with Crippen LogP contribution in [0.4, 0.5) is 11.4 Å². The molecule has 3 rings (SSSR count). The molecule has 36 heavy (non-hydrogen) atoms. The summed E-state index contributed by atoms with van der Waals surface area (Å²) in [6.07, 6.45) is 0. The SMILES string of the molecule is Cc1ccc(C(=O)O)cc1NC(=O)CSc1ccc(NC(=O)c2ccc(C(=O)O)cc2C(=O)O)cc1. The van der Waals surface area contributed by atoms with E-state index in [1.807, 2.05) is 0 Å². The van der Waals surface area contributed by atoms with Crippen molar-refractivity contribution in [2.75, 3.05) is 16.4 Å². The van der Waals surface area contributed by atoms with Gasteiger partial charge in [-0.3, -0.25) is 9.59 Å². The van der Waals surface area contributed by atoms with Crippen LogP contribution in [0.3, 0.4) is 0 Å². The van der Waals surface area contributed by atoms with Crippen LogP contribution in [0, 0.1) is 6.92 Å². The summed E-state index contributed by atoms with van der Waals surface area (Å²) < 4.78 is 0. The van der Waals surface area contributed by atoms with Gasteiger partial charge < -0.3 is 26.0 Å². The molecule has 0 radical (unpaired) electrons. The molecule has 2 amide bonds. The van der Waals surface area contributed by atoms with Gasteiger partial charge in [-0.2, -0.15) is 0 Å².